The van der Waals surface area contributed by atoms with Gasteiger partial charge in [0.2, 0.25) is 0 Å². The summed E-state index contributed by atoms with van der Waals surface area (Å²) in [6.45, 7) is 0.690. The van der Waals surface area contributed by atoms with E-state index in [2.05, 4.69) is 15.5 Å². The van der Waals surface area contributed by atoms with E-state index in [9.17, 15) is 9.18 Å². The molecule has 25 heavy (non-hydrogen) atoms. The molecule has 7 heteroatoms. The molecular weight excluding hydrogens is 321 g/mol. The Labute approximate surface area is 143 Å². The fraction of sp³-hybridized carbons (Fsp3) is 0.222. The number of carbonyl (C=O) groups is 1. The number of benzene rings is 2. The number of amides is 1. The summed E-state index contributed by atoms with van der Waals surface area (Å²) in [6.07, 6.45) is 3.30. The fourth-order valence-electron chi connectivity index (χ4n) is 3.27. The molecule has 4 rings (SSSR count). The van der Waals surface area contributed by atoms with E-state index in [1.54, 1.807) is 24.3 Å². The van der Waals surface area contributed by atoms with Gasteiger partial charge < -0.3 is 4.90 Å². The Balaban J connectivity index is 1.61. The SMILES string of the molecule is O=C(c1cccc(-n2cnnn2)c1)N1CCCC1c1ccc(F)cc1. The predicted octanol–water partition coefficient (Wildman–Crippen LogP) is 2.78. The summed E-state index contributed by atoms with van der Waals surface area (Å²) < 4.78 is 14.7. The molecule has 3 aromatic rings. The van der Waals surface area contributed by atoms with Gasteiger partial charge in [-0.1, -0.05) is 18.2 Å². The van der Waals surface area contributed by atoms with Crippen molar-refractivity contribution < 1.29 is 9.18 Å². The molecule has 1 aliphatic rings. The molecule has 1 amide bonds. The zero-order valence-electron chi connectivity index (χ0n) is 13.4. The van der Waals surface area contributed by atoms with Crippen LogP contribution in [0.25, 0.3) is 5.69 Å². The summed E-state index contributed by atoms with van der Waals surface area (Å²) in [5.74, 6) is -0.310. The highest BCUT2D eigenvalue weighted by atomic mass is 19.1. The first-order valence-electron chi connectivity index (χ1n) is 8.12. The molecular formula is C18H16FN5O. The van der Waals surface area contributed by atoms with Crippen LogP contribution in [0.2, 0.25) is 0 Å². The monoisotopic (exact) mass is 337 g/mol. The van der Waals surface area contributed by atoms with Gasteiger partial charge in [-0.05, 0) is 59.2 Å². The maximum absolute atomic E-state index is 13.2. The summed E-state index contributed by atoms with van der Waals surface area (Å²) in [6, 6.07) is 13.6. The lowest BCUT2D eigenvalue weighted by Gasteiger charge is -2.25. The normalized spacial score (nSPS) is 17.0. The number of hydrogen-bond donors (Lipinski definition) is 0. The van der Waals surface area contributed by atoms with Gasteiger partial charge in [0, 0.05) is 12.1 Å². The highest BCUT2D eigenvalue weighted by Crippen LogP contribution is 2.33. The van der Waals surface area contributed by atoms with Crippen LogP contribution in [0, 0.1) is 5.82 Å². The van der Waals surface area contributed by atoms with Crippen molar-refractivity contribution in [2.75, 3.05) is 6.54 Å². The van der Waals surface area contributed by atoms with E-state index in [4.69, 9.17) is 0 Å². The predicted molar refractivity (Wildman–Crippen MR) is 88.6 cm³/mol. The van der Waals surface area contributed by atoms with E-state index in [1.165, 1.54) is 23.1 Å². The standard InChI is InChI=1S/C18H16FN5O/c19-15-8-6-13(7-9-15)17-5-2-10-23(17)18(25)14-3-1-4-16(11-14)24-12-20-21-22-24/h1,3-4,6-9,11-12,17H,2,5,10H2. The van der Waals surface area contributed by atoms with Gasteiger partial charge in [-0.15, -0.1) is 5.10 Å². The smallest absolute Gasteiger partial charge is 0.254 e. The summed E-state index contributed by atoms with van der Waals surface area (Å²) in [7, 11) is 0. The van der Waals surface area contributed by atoms with Crippen molar-refractivity contribution in [1.82, 2.24) is 25.1 Å². The number of nitrogens with zero attached hydrogens (tertiary/aromatic N) is 5. The first-order valence-corrected chi connectivity index (χ1v) is 8.12. The van der Waals surface area contributed by atoms with Crippen molar-refractivity contribution in [2.24, 2.45) is 0 Å². The van der Waals surface area contributed by atoms with Gasteiger partial charge in [-0.2, -0.15) is 0 Å². The van der Waals surface area contributed by atoms with Gasteiger partial charge in [0.15, 0.2) is 0 Å². The van der Waals surface area contributed by atoms with Gasteiger partial charge in [0.25, 0.3) is 5.91 Å². The van der Waals surface area contributed by atoms with Gasteiger partial charge in [-0.25, -0.2) is 9.07 Å². The Kier molecular flexibility index (Phi) is 3.97. The number of aromatic nitrogens is 4. The third-order valence-electron chi connectivity index (χ3n) is 4.48. The minimum Gasteiger partial charge on any atom is -0.332 e. The van der Waals surface area contributed by atoms with Crippen LogP contribution in [0.5, 0.6) is 0 Å². The van der Waals surface area contributed by atoms with Gasteiger partial charge in [-0.3, -0.25) is 4.79 Å². The number of carbonyl (C=O) groups excluding carboxylic acids is 1. The van der Waals surface area contributed by atoms with Crippen LogP contribution in [0.4, 0.5) is 4.39 Å². The van der Waals surface area contributed by atoms with E-state index in [0.717, 1.165) is 24.1 Å². The zero-order chi connectivity index (χ0) is 17.2. The highest BCUT2D eigenvalue weighted by molar-refractivity contribution is 5.95. The lowest BCUT2D eigenvalue weighted by atomic mass is 10.0. The van der Waals surface area contributed by atoms with E-state index < -0.39 is 0 Å². The maximum Gasteiger partial charge on any atom is 0.254 e. The average molecular weight is 337 g/mol. The third kappa shape index (κ3) is 3.00. The van der Waals surface area contributed by atoms with Crippen LogP contribution in [0.1, 0.15) is 34.8 Å². The lowest BCUT2D eigenvalue weighted by Crippen LogP contribution is -2.30. The van der Waals surface area contributed by atoms with E-state index >= 15 is 0 Å². The second-order valence-corrected chi connectivity index (χ2v) is 6.01. The highest BCUT2D eigenvalue weighted by Gasteiger charge is 2.30. The number of likely N-dealkylation sites (tertiary alicyclic amines) is 1. The maximum atomic E-state index is 13.2. The molecule has 1 saturated heterocycles. The number of halogens is 1. The molecule has 0 radical (unpaired) electrons. The topological polar surface area (TPSA) is 63.9 Å². The number of tetrazole rings is 1. The van der Waals surface area contributed by atoms with Crippen molar-refractivity contribution in [3.63, 3.8) is 0 Å². The Morgan fingerprint density at radius 3 is 2.76 bits per heavy atom. The van der Waals surface area contributed by atoms with Crippen molar-refractivity contribution >= 4 is 5.91 Å². The summed E-state index contributed by atoms with van der Waals surface area (Å²) in [5, 5.41) is 11.1. The largest absolute Gasteiger partial charge is 0.332 e. The number of rotatable bonds is 3. The van der Waals surface area contributed by atoms with Crippen molar-refractivity contribution in [1.29, 1.82) is 0 Å². The molecule has 1 aliphatic heterocycles. The Hall–Kier alpha value is -3.09. The molecule has 1 aromatic heterocycles. The molecule has 0 aliphatic carbocycles. The Morgan fingerprint density at radius 1 is 1.16 bits per heavy atom. The molecule has 2 heterocycles. The summed E-state index contributed by atoms with van der Waals surface area (Å²) in [4.78, 5) is 14.9. The van der Waals surface area contributed by atoms with Crippen LogP contribution in [0.15, 0.2) is 54.9 Å². The lowest BCUT2D eigenvalue weighted by molar-refractivity contribution is 0.0735. The Morgan fingerprint density at radius 2 is 2.00 bits per heavy atom. The molecule has 0 N–H and O–H groups in total. The van der Waals surface area contributed by atoms with Crippen LogP contribution in [-0.4, -0.2) is 37.6 Å². The first kappa shape index (κ1) is 15.4. The third-order valence-corrected chi connectivity index (χ3v) is 4.48. The molecule has 2 aromatic carbocycles. The fourth-order valence-corrected chi connectivity index (χ4v) is 3.27. The first-order chi connectivity index (χ1) is 12.2. The quantitative estimate of drug-likeness (QED) is 0.737. The van der Waals surface area contributed by atoms with Crippen LogP contribution < -0.4 is 0 Å². The molecule has 6 nitrogen and oxygen atoms in total. The van der Waals surface area contributed by atoms with Crippen molar-refractivity contribution in [3.05, 3.63) is 71.8 Å². The minimum atomic E-state index is -0.270. The molecule has 0 spiro atoms. The van der Waals surface area contributed by atoms with Gasteiger partial charge in [0.1, 0.15) is 12.1 Å². The van der Waals surface area contributed by atoms with Crippen LogP contribution >= 0.6 is 0 Å². The molecule has 1 atom stereocenters. The molecule has 1 unspecified atom stereocenters. The van der Waals surface area contributed by atoms with Crippen molar-refractivity contribution in [3.8, 4) is 5.69 Å². The van der Waals surface area contributed by atoms with E-state index in [1.807, 2.05) is 17.0 Å². The van der Waals surface area contributed by atoms with E-state index in [0.29, 0.717) is 12.1 Å². The summed E-state index contributed by atoms with van der Waals surface area (Å²) in [5.41, 5.74) is 2.28. The molecule has 126 valence electrons. The summed E-state index contributed by atoms with van der Waals surface area (Å²) >= 11 is 0. The zero-order valence-corrected chi connectivity index (χ0v) is 13.4. The second-order valence-electron chi connectivity index (χ2n) is 6.01. The van der Waals surface area contributed by atoms with Crippen LogP contribution in [0.3, 0.4) is 0 Å². The molecule has 1 fully saturated rings. The number of hydrogen-bond acceptors (Lipinski definition) is 4. The molecule has 0 saturated carbocycles. The van der Waals surface area contributed by atoms with Gasteiger partial charge >= 0.3 is 0 Å². The van der Waals surface area contributed by atoms with Crippen molar-refractivity contribution in [2.45, 2.75) is 18.9 Å². The van der Waals surface area contributed by atoms with Crippen LogP contribution in [-0.2, 0) is 0 Å². The second kappa shape index (κ2) is 6.43. The minimum absolute atomic E-state index is 0.0233. The molecule has 0 bridgehead atoms. The van der Waals surface area contributed by atoms with Gasteiger partial charge in [0.05, 0.1) is 11.7 Å². The Bertz CT molecular complexity index is 879. The average Bonchev–Trinajstić information content (AvgIpc) is 3.34. The van der Waals surface area contributed by atoms with E-state index in [-0.39, 0.29) is 17.8 Å².